The summed E-state index contributed by atoms with van der Waals surface area (Å²) in [6.45, 7) is 0. The Bertz CT molecular complexity index is 968. The molecule has 3 aromatic rings. The number of anilines is 2. The second kappa shape index (κ2) is 5.33. The first-order valence-corrected chi connectivity index (χ1v) is 8.95. The van der Waals surface area contributed by atoms with Crippen molar-refractivity contribution in [2.24, 2.45) is 7.05 Å². The van der Waals surface area contributed by atoms with E-state index in [-0.39, 0.29) is 5.16 Å². The molecular formula is C13H12BrN5O2S. The lowest BCUT2D eigenvalue weighted by Crippen LogP contribution is -2.08. The number of nitrogens with one attached hydrogen (secondary N) is 1. The molecule has 0 radical (unpaired) electrons. The minimum atomic E-state index is -3.52. The Labute approximate surface area is 135 Å². The van der Waals surface area contributed by atoms with E-state index in [1.807, 2.05) is 24.3 Å². The number of aromatic nitrogens is 4. The third kappa shape index (κ3) is 2.81. The number of hydrogen-bond donors (Lipinski definition) is 1. The van der Waals surface area contributed by atoms with Crippen LogP contribution in [0.15, 0.2) is 40.1 Å². The van der Waals surface area contributed by atoms with E-state index in [9.17, 15) is 8.42 Å². The van der Waals surface area contributed by atoms with Crippen molar-refractivity contribution in [1.82, 2.24) is 19.7 Å². The van der Waals surface area contributed by atoms with Gasteiger partial charge in [0.05, 0.1) is 11.6 Å². The topological polar surface area (TPSA) is 89.8 Å². The van der Waals surface area contributed by atoms with Crippen molar-refractivity contribution >= 4 is 48.3 Å². The van der Waals surface area contributed by atoms with E-state index in [2.05, 4.69) is 36.3 Å². The largest absolute Gasteiger partial charge is 0.339 e. The molecule has 0 atom stereocenters. The van der Waals surface area contributed by atoms with Crippen LogP contribution in [-0.4, -0.2) is 34.4 Å². The monoisotopic (exact) mass is 381 g/mol. The van der Waals surface area contributed by atoms with E-state index in [4.69, 9.17) is 0 Å². The van der Waals surface area contributed by atoms with E-state index in [1.165, 1.54) is 4.68 Å². The predicted molar refractivity (Wildman–Crippen MR) is 86.8 cm³/mol. The zero-order valence-corrected chi connectivity index (χ0v) is 14.2. The SMILES string of the molecule is Cn1ncc2c(Nc3cccc(Br)c3)nc(S(C)(=O)=O)nc21. The van der Waals surface area contributed by atoms with Crippen LogP contribution in [0.3, 0.4) is 0 Å². The van der Waals surface area contributed by atoms with Crippen LogP contribution in [0.4, 0.5) is 11.5 Å². The Morgan fingerprint density at radius 2 is 2.05 bits per heavy atom. The lowest BCUT2D eigenvalue weighted by atomic mass is 10.3. The molecule has 1 N–H and O–H groups in total. The van der Waals surface area contributed by atoms with E-state index in [1.54, 1.807) is 13.2 Å². The summed E-state index contributed by atoms with van der Waals surface area (Å²) in [5.74, 6) is 0.400. The molecule has 0 aliphatic carbocycles. The maximum absolute atomic E-state index is 11.8. The minimum Gasteiger partial charge on any atom is -0.339 e. The summed E-state index contributed by atoms with van der Waals surface area (Å²) >= 11 is 3.39. The van der Waals surface area contributed by atoms with Crippen LogP contribution < -0.4 is 5.32 Å². The van der Waals surface area contributed by atoms with Gasteiger partial charge < -0.3 is 5.32 Å². The van der Waals surface area contributed by atoms with Gasteiger partial charge in [-0.05, 0) is 18.2 Å². The van der Waals surface area contributed by atoms with Crippen molar-refractivity contribution in [3.63, 3.8) is 0 Å². The molecule has 0 unspecified atom stereocenters. The van der Waals surface area contributed by atoms with Gasteiger partial charge in [0.25, 0.3) is 5.16 Å². The molecule has 0 aliphatic heterocycles. The highest BCUT2D eigenvalue weighted by Crippen LogP contribution is 2.26. The van der Waals surface area contributed by atoms with Crippen LogP contribution in [0.5, 0.6) is 0 Å². The van der Waals surface area contributed by atoms with Gasteiger partial charge in [0.2, 0.25) is 9.84 Å². The van der Waals surface area contributed by atoms with E-state index >= 15 is 0 Å². The molecule has 0 saturated heterocycles. The molecule has 2 aromatic heterocycles. The Balaban J connectivity index is 2.19. The Hall–Kier alpha value is -2.00. The molecule has 7 nitrogen and oxygen atoms in total. The average molecular weight is 382 g/mol. The summed E-state index contributed by atoms with van der Waals surface area (Å²) < 4.78 is 26.0. The lowest BCUT2D eigenvalue weighted by molar-refractivity contribution is 0.593. The first-order valence-electron chi connectivity index (χ1n) is 6.27. The Kier molecular flexibility index (Phi) is 3.61. The summed E-state index contributed by atoms with van der Waals surface area (Å²) in [5, 5.41) is 7.64. The van der Waals surface area contributed by atoms with E-state index < -0.39 is 9.84 Å². The second-order valence-corrected chi connectivity index (χ2v) is 7.59. The molecule has 0 spiro atoms. The fourth-order valence-corrected chi connectivity index (χ4v) is 2.87. The first-order chi connectivity index (χ1) is 10.3. The molecule has 1 aromatic carbocycles. The Morgan fingerprint density at radius 1 is 1.27 bits per heavy atom. The molecule has 0 amide bonds. The summed E-state index contributed by atoms with van der Waals surface area (Å²) in [6.07, 6.45) is 2.68. The number of fused-ring (bicyclic) bond motifs is 1. The highest BCUT2D eigenvalue weighted by molar-refractivity contribution is 9.10. The fraction of sp³-hybridized carbons (Fsp3) is 0.154. The van der Waals surface area contributed by atoms with Crippen LogP contribution in [0.1, 0.15) is 0 Å². The quantitative estimate of drug-likeness (QED) is 0.699. The molecule has 22 heavy (non-hydrogen) atoms. The molecular weight excluding hydrogens is 370 g/mol. The molecule has 0 bridgehead atoms. The van der Waals surface area contributed by atoms with Gasteiger partial charge in [-0.2, -0.15) is 15.1 Å². The number of nitrogens with zero attached hydrogens (tertiary/aromatic N) is 4. The first kappa shape index (κ1) is 14.9. The molecule has 9 heteroatoms. The third-order valence-corrected chi connectivity index (χ3v) is 4.33. The molecule has 114 valence electrons. The molecule has 3 rings (SSSR count). The predicted octanol–water partition coefficient (Wildman–Crippen LogP) is 2.27. The zero-order valence-electron chi connectivity index (χ0n) is 11.8. The van der Waals surface area contributed by atoms with Crippen LogP contribution in [0.2, 0.25) is 0 Å². The van der Waals surface area contributed by atoms with Crippen molar-refractivity contribution in [2.45, 2.75) is 5.16 Å². The standard InChI is InChI=1S/C13H12BrN5O2S/c1-19-12-10(7-15-19)11(17-13(18-12)22(2,20)21)16-9-5-3-4-8(14)6-9/h3-7H,1-2H3,(H,16,17,18). The van der Waals surface area contributed by atoms with Gasteiger partial charge in [-0.3, -0.25) is 4.68 Å². The summed E-state index contributed by atoms with van der Waals surface area (Å²) in [7, 11) is -1.83. The fourth-order valence-electron chi connectivity index (χ4n) is 1.97. The van der Waals surface area contributed by atoms with Gasteiger partial charge in [-0.1, -0.05) is 22.0 Å². The third-order valence-electron chi connectivity index (χ3n) is 2.99. The van der Waals surface area contributed by atoms with Crippen molar-refractivity contribution in [1.29, 1.82) is 0 Å². The van der Waals surface area contributed by atoms with Gasteiger partial charge in [-0.25, -0.2) is 8.42 Å². The highest BCUT2D eigenvalue weighted by atomic mass is 79.9. The van der Waals surface area contributed by atoms with Gasteiger partial charge in [0, 0.05) is 23.5 Å². The number of sulfone groups is 1. The normalized spacial score (nSPS) is 11.8. The number of hydrogen-bond acceptors (Lipinski definition) is 6. The summed E-state index contributed by atoms with van der Waals surface area (Å²) in [4.78, 5) is 8.21. The average Bonchev–Trinajstić information content (AvgIpc) is 2.80. The Morgan fingerprint density at radius 3 is 2.73 bits per heavy atom. The van der Waals surface area contributed by atoms with Crippen molar-refractivity contribution < 1.29 is 8.42 Å². The molecule has 2 heterocycles. The van der Waals surface area contributed by atoms with E-state index in [0.717, 1.165) is 16.4 Å². The van der Waals surface area contributed by atoms with Crippen LogP contribution in [0.25, 0.3) is 11.0 Å². The lowest BCUT2D eigenvalue weighted by Gasteiger charge is -2.08. The highest BCUT2D eigenvalue weighted by Gasteiger charge is 2.18. The zero-order chi connectivity index (χ0) is 15.9. The van der Waals surface area contributed by atoms with Crippen molar-refractivity contribution in [2.75, 3.05) is 11.6 Å². The van der Waals surface area contributed by atoms with Crippen molar-refractivity contribution in [3.05, 3.63) is 34.9 Å². The minimum absolute atomic E-state index is 0.235. The molecule has 0 aliphatic rings. The number of aryl methyl sites for hydroxylation is 1. The smallest absolute Gasteiger partial charge is 0.250 e. The van der Waals surface area contributed by atoms with Gasteiger partial charge in [-0.15, -0.1) is 0 Å². The summed E-state index contributed by atoms with van der Waals surface area (Å²) in [6, 6.07) is 7.48. The molecule has 0 saturated carbocycles. The maximum Gasteiger partial charge on any atom is 0.250 e. The number of benzene rings is 1. The van der Waals surface area contributed by atoms with Gasteiger partial charge >= 0.3 is 0 Å². The van der Waals surface area contributed by atoms with Crippen LogP contribution in [0, 0.1) is 0 Å². The summed E-state index contributed by atoms with van der Waals surface area (Å²) in [5.41, 5.74) is 1.23. The van der Waals surface area contributed by atoms with Crippen LogP contribution >= 0.6 is 15.9 Å². The number of rotatable bonds is 3. The van der Waals surface area contributed by atoms with E-state index in [0.29, 0.717) is 16.9 Å². The van der Waals surface area contributed by atoms with Crippen molar-refractivity contribution in [3.8, 4) is 0 Å². The van der Waals surface area contributed by atoms with Crippen LogP contribution in [-0.2, 0) is 16.9 Å². The van der Waals surface area contributed by atoms with Gasteiger partial charge in [0.1, 0.15) is 5.82 Å². The number of halogens is 1. The van der Waals surface area contributed by atoms with Gasteiger partial charge in [0.15, 0.2) is 5.65 Å². The molecule has 0 fully saturated rings. The second-order valence-electron chi connectivity index (χ2n) is 4.77. The maximum atomic E-state index is 11.8.